The van der Waals surface area contributed by atoms with Crippen molar-refractivity contribution in [3.8, 4) is 0 Å². The Kier molecular flexibility index (Phi) is 9.19. The van der Waals surface area contributed by atoms with Crippen LogP contribution in [-0.2, 0) is 4.65 Å². The highest BCUT2D eigenvalue weighted by Crippen LogP contribution is 2.02. The first-order valence-electron chi connectivity index (χ1n) is 4.18. The van der Waals surface area contributed by atoms with E-state index >= 15 is 0 Å². The maximum Gasteiger partial charge on any atom is 0.568 e. The summed E-state index contributed by atoms with van der Waals surface area (Å²) >= 11 is 0. The van der Waals surface area contributed by atoms with Crippen molar-refractivity contribution >= 4 is 7.69 Å². The zero-order valence-corrected chi connectivity index (χ0v) is 7.12. The van der Waals surface area contributed by atoms with Crippen molar-refractivity contribution in [2.24, 2.45) is 0 Å². The van der Waals surface area contributed by atoms with Crippen LogP contribution in [0.25, 0.3) is 0 Å². The van der Waals surface area contributed by atoms with Gasteiger partial charge in [0.1, 0.15) is 0 Å². The second kappa shape index (κ2) is 9.56. The average molecular weight is 155 g/mol. The van der Waals surface area contributed by atoms with Gasteiger partial charge < -0.3 is 9.68 Å². The molecule has 0 aromatic heterocycles. The van der Waals surface area contributed by atoms with Crippen LogP contribution < -0.4 is 0 Å². The lowest BCUT2D eigenvalue weighted by molar-refractivity contribution is 0.404. The van der Waals surface area contributed by atoms with Crippen molar-refractivity contribution in [1.82, 2.24) is 0 Å². The van der Waals surface area contributed by atoms with Gasteiger partial charge in [0.2, 0.25) is 0 Å². The molecule has 0 heterocycles. The Hall–Kier alpha value is -0.435. The van der Waals surface area contributed by atoms with Crippen LogP contribution in [0.1, 0.15) is 39.0 Å². The molecule has 0 atom stereocenters. The van der Waals surface area contributed by atoms with Crippen LogP contribution in [0.2, 0.25) is 0 Å². The van der Waals surface area contributed by atoms with E-state index < -0.39 is 0 Å². The molecule has 0 rings (SSSR count). The highest BCUT2D eigenvalue weighted by atomic mass is 16.5. The van der Waals surface area contributed by atoms with Crippen LogP contribution in [0.5, 0.6) is 0 Å². The van der Waals surface area contributed by atoms with E-state index in [2.05, 4.69) is 11.6 Å². The molecule has 0 saturated carbocycles. The average Bonchev–Trinajstić information content (AvgIpc) is 2.03. The van der Waals surface area contributed by atoms with Crippen LogP contribution in [0, 0.1) is 0 Å². The first-order chi connectivity index (χ1) is 5.41. The van der Waals surface area contributed by atoms with Gasteiger partial charge in [-0.2, -0.15) is 0 Å². The predicted molar refractivity (Wildman–Crippen MR) is 47.0 cm³/mol. The molecule has 1 radical (unpaired) electrons. The van der Waals surface area contributed by atoms with E-state index in [1.807, 2.05) is 6.08 Å². The second-order valence-electron chi connectivity index (χ2n) is 2.46. The standard InChI is InChI=1S/C8H16BO2/c1-2-3-4-5-6-7-8-11-9-10/h7-8,10H,2-6H2,1H3/b8-7+. The van der Waals surface area contributed by atoms with Gasteiger partial charge in [-0.15, -0.1) is 0 Å². The molecule has 0 aliphatic rings. The minimum atomic E-state index is 0.683. The van der Waals surface area contributed by atoms with E-state index in [1.54, 1.807) is 0 Å². The van der Waals surface area contributed by atoms with Gasteiger partial charge in [-0.1, -0.05) is 32.3 Å². The summed E-state index contributed by atoms with van der Waals surface area (Å²) in [5.74, 6) is 0. The molecule has 0 aliphatic carbocycles. The summed E-state index contributed by atoms with van der Waals surface area (Å²) in [5.41, 5.74) is 0. The third kappa shape index (κ3) is 9.56. The summed E-state index contributed by atoms with van der Waals surface area (Å²) in [7, 11) is 0.683. The third-order valence-electron chi connectivity index (χ3n) is 1.46. The van der Waals surface area contributed by atoms with Crippen LogP contribution in [0.15, 0.2) is 12.3 Å². The quantitative estimate of drug-likeness (QED) is 0.346. The Labute approximate surface area is 69.6 Å². The molecule has 63 valence electrons. The highest BCUT2D eigenvalue weighted by Gasteiger charge is 1.84. The van der Waals surface area contributed by atoms with Crippen LogP contribution in [-0.4, -0.2) is 12.7 Å². The molecule has 0 aromatic carbocycles. The van der Waals surface area contributed by atoms with Crippen LogP contribution in [0.3, 0.4) is 0 Å². The fourth-order valence-electron chi connectivity index (χ4n) is 0.848. The predicted octanol–water partition coefficient (Wildman–Crippen LogP) is 2.01. The van der Waals surface area contributed by atoms with Gasteiger partial charge in [-0.3, -0.25) is 0 Å². The molecule has 0 fully saturated rings. The molecule has 0 aromatic rings. The fraction of sp³-hybridized carbons (Fsp3) is 0.750. The van der Waals surface area contributed by atoms with Crippen molar-refractivity contribution in [1.29, 1.82) is 0 Å². The van der Waals surface area contributed by atoms with Gasteiger partial charge in [0.15, 0.2) is 0 Å². The van der Waals surface area contributed by atoms with Crippen LogP contribution >= 0.6 is 0 Å². The lowest BCUT2D eigenvalue weighted by Gasteiger charge is -1.94. The maximum absolute atomic E-state index is 8.11. The van der Waals surface area contributed by atoms with E-state index in [1.165, 1.54) is 31.9 Å². The van der Waals surface area contributed by atoms with Crippen molar-refractivity contribution in [3.63, 3.8) is 0 Å². The van der Waals surface area contributed by atoms with Gasteiger partial charge in [0.25, 0.3) is 0 Å². The normalized spacial score (nSPS) is 10.4. The Morgan fingerprint density at radius 1 is 1.36 bits per heavy atom. The summed E-state index contributed by atoms with van der Waals surface area (Å²) in [6.07, 6.45) is 9.52. The Morgan fingerprint density at radius 2 is 2.18 bits per heavy atom. The van der Waals surface area contributed by atoms with Crippen molar-refractivity contribution < 1.29 is 9.68 Å². The van der Waals surface area contributed by atoms with Gasteiger partial charge >= 0.3 is 7.69 Å². The lowest BCUT2D eigenvalue weighted by atomic mass is 10.1. The minimum absolute atomic E-state index is 0.683. The maximum atomic E-state index is 8.11. The Morgan fingerprint density at radius 3 is 2.82 bits per heavy atom. The first kappa shape index (κ1) is 10.6. The van der Waals surface area contributed by atoms with E-state index in [4.69, 9.17) is 5.02 Å². The molecular formula is C8H16BO2. The van der Waals surface area contributed by atoms with Gasteiger partial charge in [0.05, 0.1) is 6.26 Å². The first-order valence-corrected chi connectivity index (χ1v) is 4.18. The summed E-state index contributed by atoms with van der Waals surface area (Å²) < 4.78 is 4.49. The topological polar surface area (TPSA) is 29.5 Å². The molecule has 0 bridgehead atoms. The SMILES string of the molecule is CCCCCC/C=C/O[B]O. The van der Waals surface area contributed by atoms with Crippen molar-refractivity contribution in [3.05, 3.63) is 12.3 Å². The molecule has 0 amide bonds. The number of hydrogen-bond donors (Lipinski definition) is 1. The van der Waals surface area contributed by atoms with E-state index in [-0.39, 0.29) is 0 Å². The molecule has 1 N–H and O–H groups in total. The molecule has 3 heteroatoms. The number of unbranched alkanes of at least 4 members (excludes halogenated alkanes) is 4. The van der Waals surface area contributed by atoms with Gasteiger partial charge in [-0.05, 0) is 12.8 Å². The molecule has 0 saturated heterocycles. The zero-order chi connectivity index (χ0) is 8.36. The van der Waals surface area contributed by atoms with Gasteiger partial charge in [-0.25, -0.2) is 0 Å². The summed E-state index contributed by atoms with van der Waals surface area (Å²) in [5, 5.41) is 8.11. The zero-order valence-electron chi connectivity index (χ0n) is 7.12. The molecule has 11 heavy (non-hydrogen) atoms. The number of hydrogen-bond acceptors (Lipinski definition) is 2. The third-order valence-corrected chi connectivity index (χ3v) is 1.46. The number of rotatable bonds is 7. The molecular weight excluding hydrogens is 139 g/mol. The van der Waals surface area contributed by atoms with E-state index in [0.29, 0.717) is 7.69 Å². The number of allylic oxidation sites excluding steroid dienone is 1. The smallest absolute Gasteiger partial charge is 0.544 e. The summed E-state index contributed by atoms with van der Waals surface area (Å²) in [6, 6.07) is 0. The molecule has 0 aliphatic heterocycles. The highest BCUT2D eigenvalue weighted by molar-refractivity contribution is 6.16. The monoisotopic (exact) mass is 155 g/mol. The lowest BCUT2D eigenvalue weighted by Crippen LogP contribution is -1.87. The molecule has 2 nitrogen and oxygen atoms in total. The second-order valence-corrected chi connectivity index (χ2v) is 2.46. The van der Waals surface area contributed by atoms with Crippen LogP contribution in [0.4, 0.5) is 0 Å². The minimum Gasteiger partial charge on any atom is -0.544 e. The fourth-order valence-corrected chi connectivity index (χ4v) is 0.848. The molecule has 0 unspecified atom stereocenters. The largest absolute Gasteiger partial charge is 0.568 e. The van der Waals surface area contributed by atoms with Crippen molar-refractivity contribution in [2.45, 2.75) is 39.0 Å². The summed E-state index contributed by atoms with van der Waals surface area (Å²) in [6.45, 7) is 2.19. The van der Waals surface area contributed by atoms with E-state index in [9.17, 15) is 0 Å². The molecule has 0 spiro atoms. The summed E-state index contributed by atoms with van der Waals surface area (Å²) in [4.78, 5) is 0. The van der Waals surface area contributed by atoms with Gasteiger partial charge in [0, 0.05) is 0 Å². The Bertz CT molecular complexity index is 94.1. The van der Waals surface area contributed by atoms with E-state index in [0.717, 1.165) is 6.42 Å². The Balaban J connectivity index is 2.89. The van der Waals surface area contributed by atoms with Crippen molar-refractivity contribution in [2.75, 3.05) is 0 Å².